The second kappa shape index (κ2) is 4.52. The Morgan fingerprint density at radius 3 is 2.47 bits per heavy atom. The second-order valence-corrected chi connectivity index (χ2v) is 5.59. The molecule has 1 rings (SSSR count). The summed E-state index contributed by atoms with van der Waals surface area (Å²) in [6, 6.07) is 0.251. The molecule has 3 heteroatoms. The molecule has 88 valence electrons. The van der Waals surface area contributed by atoms with Gasteiger partial charge in [0, 0.05) is 18.0 Å². The molecule has 0 heterocycles. The minimum absolute atomic E-state index is 0.0745. The van der Waals surface area contributed by atoms with Gasteiger partial charge in [-0.3, -0.25) is 4.79 Å². The fourth-order valence-corrected chi connectivity index (χ4v) is 2.14. The fraction of sp³-hybridized carbons (Fsp3) is 0.917. The summed E-state index contributed by atoms with van der Waals surface area (Å²) in [5.41, 5.74) is 5.96. The highest BCUT2D eigenvalue weighted by Crippen LogP contribution is 2.37. The van der Waals surface area contributed by atoms with E-state index < -0.39 is 0 Å². The Morgan fingerprint density at radius 2 is 2.07 bits per heavy atom. The lowest BCUT2D eigenvalue weighted by molar-refractivity contribution is -0.126. The van der Waals surface area contributed by atoms with Gasteiger partial charge in [0.05, 0.1) is 0 Å². The smallest absolute Gasteiger partial charge is 0.224 e. The van der Waals surface area contributed by atoms with Gasteiger partial charge in [0.2, 0.25) is 5.91 Å². The van der Waals surface area contributed by atoms with E-state index in [0.717, 1.165) is 6.42 Å². The molecule has 3 nitrogen and oxygen atoms in total. The molecule has 1 fully saturated rings. The van der Waals surface area contributed by atoms with Crippen LogP contribution in [0.15, 0.2) is 0 Å². The van der Waals surface area contributed by atoms with E-state index in [2.05, 4.69) is 19.2 Å². The maximum Gasteiger partial charge on any atom is 0.224 e. The summed E-state index contributed by atoms with van der Waals surface area (Å²) in [5, 5.41) is 3.13. The van der Waals surface area contributed by atoms with Gasteiger partial charge in [0.25, 0.3) is 0 Å². The molecule has 1 amide bonds. The quantitative estimate of drug-likeness (QED) is 0.747. The van der Waals surface area contributed by atoms with E-state index in [-0.39, 0.29) is 23.3 Å². The van der Waals surface area contributed by atoms with Crippen LogP contribution in [-0.4, -0.2) is 18.0 Å². The number of carbonyl (C=O) groups excluding carboxylic acids is 1. The summed E-state index contributed by atoms with van der Waals surface area (Å²) in [5.74, 6) is 0.00590. The van der Waals surface area contributed by atoms with E-state index in [0.29, 0.717) is 6.04 Å². The Bertz CT molecular complexity index is 236. The van der Waals surface area contributed by atoms with Gasteiger partial charge in [-0.25, -0.2) is 0 Å². The minimum atomic E-state index is -0.0959. The van der Waals surface area contributed by atoms with Crippen molar-refractivity contribution in [2.45, 2.75) is 59.0 Å². The van der Waals surface area contributed by atoms with E-state index >= 15 is 0 Å². The van der Waals surface area contributed by atoms with Crippen molar-refractivity contribution in [2.24, 2.45) is 17.1 Å². The van der Waals surface area contributed by atoms with E-state index in [1.165, 1.54) is 12.8 Å². The number of rotatable bonds is 3. The molecular weight excluding hydrogens is 188 g/mol. The van der Waals surface area contributed by atoms with Crippen LogP contribution >= 0.6 is 0 Å². The van der Waals surface area contributed by atoms with Crippen molar-refractivity contribution in [1.82, 2.24) is 5.32 Å². The molecule has 3 N–H and O–H groups in total. The average molecular weight is 212 g/mol. The number of carbonyl (C=O) groups is 1. The predicted octanol–water partition coefficient (Wildman–Crippen LogP) is 1.66. The lowest BCUT2D eigenvalue weighted by Crippen LogP contribution is -2.46. The minimum Gasteiger partial charge on any atom is -0.353 e. The lowest BCUT2D eigenvalue weighted by atomic mass is 9.87. The first-order chi connectivity index (χ1) is 6.84. The van der Waals surface area contributed by atoms with Crippen molar-refractivity contribution in [2.75, 3.05) is 0 Å². The number of hydrogen-bond donors (Lipinski definition) is 2. The molecule has 1 saturated carbocycles. The van der Waals surface area contributed by atoms with Gasteiger partial charge in [0.1, 0.15) is 0 Å². The summed E-state index contributed by atoms with van der Waals surface area (Å²) < 4.78 is 0. The van der Waals surface area contributed by atoms with Crippen LogP contribution in [0.5, 0.6) is 0 Å². The highest BCUT2D eigenvalue weighted by Gasteiger charge is 2.36. The van der Waals surface area contributed by atoms with Crippen LogP contribution in [0.2, 0.25) is 0 Å². The third-order valence-corrected chi connectivity index (χ3v) is 3.78. The van der Waals surface area contributed by atoms with Crippen molar-refractivity contribution < 1.29 is 4.79 Å². The van der Waals surface area contributed by atoms with Gasteiger partial charge in [0.15, 0.2) is 0 Å². The number of nitrogens with two attached hydrogens (primary N) is 1. The topological polar surface area (TPSA) is 55.1 Å². The molecule has 0 aliphatic heterocycles. The normalized spacial score (nSPS) is 28.5. The molecule has 0 aromatic carbocycles. The molecule has 1 aliphatic rings. The third kappa shape index (κ3) is 2.94. The maximum absolute atomic E-state index is 11.8. The number of amides is 1. The molecular formula is C12H24N2O. The van der Waals surface area contributed by atoms with Crippen LogP contribution in [0.25, 0.3) is 0 Å². The van der Waals surface area contributed by atoms with E-state index in [9.17, 15) is 4.79 Å². The van der Waals surface area contributed by atoms with Crippen LogP contribution in [-0.2, 0) is 4.79 Å². The molecule has 15 heavy (non-hydrogen) atoms. The first-order valence-electron chi connectivity index (χ1n) is 5.90. The Hall–Kier alpha value is -0.570. The summed E-state index contributed by atoms with van der Waals surface area (Å²) >= 11 is 0. The van der Waals surface area contributed by atoms with Crippen molar-refractivity contribution in [1.29, 1.82) is 0 Å². The molecule has 1 aliphatic carbocycles. The first-order valence-corrected chi connectivity index (χ1v) is 5.90. The van der Waals surface area contributed by atoms with Gasteiger partial charge in [-0.15, -0.1) is 0 Å². The van der Waals surface area contributed by atoms with E-state index in [1.807, 2.05) is 13.8 Å². The van der Waals surface area contributed by atoms with Crippen molar-refractivity contribution in [3.05, 3.63) is 0 Å². The maximum atomic E-state index is 11.8. The highest BCUT2D eigenvalue weighted by molar-refractivity contribution is 5.79. The summed E-state index contributed by atoms with van der Waals surface area (Å²) in [4.78, 5) is 11.8. The molecule has 0 aromatic heterocycles. The van der Waals surface area contributed by atoms with Gasteiger partial charge in [-0.05, 0) is 25.2 Å². The van der Waals surface area contributed by atoms with Crippen molar-refractivity contribution in [3.63, 3.8) is 0 Å². The number of nitrogens with one attached hydrogen (secondary N) is 1. The SMILES string of the molecule is CC(N)C(C)C(=O)NC1CCCC1(C)C. The van der Waals surface area contributed by atoms with Crippen LogP contribution < -0.4 is 11.1 Å². The molecule has 0 aromatic rings. The molecule has 0 bridgehead atoms. The summed E-state index contributed by atoms with van der Waals surface area (Å²) in [6.45, 7) is 8.22. The molecule has 3 atom stereocenters. The van der Waals surface area contributed by atoms with E-state index in [1.54, 1.807) is 0 Å². The monoisotopic (exact) mass is 212 g/mol. The first kappa shape index (κ1) is 12.5. The Balaban J connectivity index is 2.51. The zero-order chi connectivity index (χ0) is 11.6. The van der Waals surface area contributed by atoms with Crippen LogP contribution in [0.1, 0.15) is 47.0 Å². The molecule has 0 spiro atoms. The Morgan fingerprint density at radius 1 is 1.47 bits per heavy atom. The Labute approximate surface area is 92.8 Å². The molecule has 3 unspecified atom stereocenters. The van der Waals surface area contributed by atoms with Crippen LogP contribution in [0, 0.1) is 11.3 Å². The highest BCUT2D eigenvalue weighted by atomic mass is 16.2. The van der Waals surface area contributed by atoms with Gasteiger partial charge >= 0.3 is 0 Å². The van der Waals surface area contributed by atoms with Gasteiger partial charge in [-0.1, -0.05) is 27.2 Å². The molecule has 0 saturated heterocycles. The van der Waals surface area contributed by atoms with Crippen molar-refractivity contribution >= 4 is 5.91 Å². The van der Waals surface area contributed by atoms with Crippen molar-refractivity contribution in [3.8, 4) is 0 Å². The summed E-state index contributed by atoms with van der Waals surface area (Å²) in [6.07, 6.45) is 3.51. The van der Waals surface area contributed by atoms with E-state index in [4.69, 9.17) is 5.73 Å². The van der Waals surface area contributed by atoms with Gasteiger partial charge in [-0.2, -0.15) is 0 Å². The number of hydrogen-bond acceptors (Lipinski definition) is 2. The second-order valence-electron chi connectivity index (χ2n) is 5.59. The zero-order valence-electron chi connectivity index (χ0n) is 10.3. The lowest BCUT2D eigenvalue weighted by Gasteiger charge is -2.29. The van der Waals surface area contributed by atoms with Gasteiger partial charge < -0.3 is 11.1 Å². The summed E-state index contributed by atoms with van der Waals surface area (Å²) in [7, 11) is 0. The average Bonchev–Trinajstić information content (AvgIpc) is 2.44. The Kier molecular flexibility index (Phi) is 3.77. The molecule has 0 radical (unpaired) electrons. The van der Waals surface area contributed by atoms with Crippen LogP contribution in [0.4, 0.5) is 0 Å². The fourth-order valence-electron chi connectivity index (χ4n) is 2.14. The third-order valence-electron chi connectivity index (χ3n) is 3.78. The largest absolute Gasteiger partial charge is 0.353 e. The standard InChI is InChI=1S/C12H24N2O/c1-8(9(2)13)11(15)14-10-6-5-7-12(10,3)4/h8-10H,5-7,13H2,1-4H3,(H,14,15). The predicted molar refractivity (Wildman–Crippen MR) is 62.4 cm³/mol. The van der Waals surface area contributed by atoms with Crippen LogP contribution in [0.3, 0.4) is 0 Å². The zero-order valence-corrected chi connectivity index (χ0v) is 10.3.